The van der Waals surface area contributed by atoms with Gasteiger partial charge in [-0.2, -0.15) is 0 Å². The fourth-order valence-electron chi connectivity index (χ4n) is 2.50. The van der Waals surface area contributed by atoms with E-state index in [9.17, 15) is 0 Å². The lowest BCUT2D eigenvalue weighted by molar-refractivity contribution is 0.0265. The van der Waals surface area contributed by atoms with Gasteiger partial charge < -0.3 is 19.5 Å². The van der Waals surface area contributed by atoms with E-state index in [0.717, 1.165) is 53.2 Å². The number of morpholine rings is 1. The molecular weight excluding hydrogens is 310 g/mol. The highest BCUT2D eigenvalue weighted by molar-refractivity contribution is 9.10. The Balaban J connectivity index is 2.51. The highest BCUT2D eigenvalue weighted by Crippen LogP contribution is 2.42. The summed E-state index contributed by atoms with van der Waals surface area (Å²) < 4.78 is 17.8. The van der Waals surface area contributed by atoms with E-state index in [1.54, 1.807) is 14.2 Å². The Kier molecular flexibility index (Phi) is 5.07. The van der Waals surface area contributed by atoms with Gasteiger partial charge in [0.25, 0.3) is 0 Å². The van der Waals surface area contributed by atoms with Crippen molar-refractivity contribution >= 4 is 15.9 Å². The maximum absolute atomic E-state index is 5.87. The Labute approximate surface area is 122 Å². The molecule has 4 nitrogen and oxygen atoms in total. The van der Waals surface area contributed by atoms with Gasteiger partial charge in [0.05, 0.1) is 26.9 Å². The third kappa shape index (κ3) is 2.88. The maximum atomic E-state index is 5.87. The van der Waals surface area contributed by atoms with Crippen molar-refractivity contribution in [3.8, 4) is 11.5 Å². The molecule has 1 aliphatic rings. The minimum absolute atomic E-state index is 0.0536. The average molecular weight is 330 g/mol. The smallest absolute Gasteiger partial charge is 0.164 e. The maximum Gasteiger partial charge on any atom is 0.164 e. The predicted molar refractivity (Wildman–Crippen MR) is 78.2 cm³/mol. The third-order valence-electron chi connectivity index (χ3n) is 3.37. The van der Waals surface area contributed by atoms with E-state index in [1.165, 1.54) is 0 Å². The van der Waals surface area contributed by atoms with Gasteiger partial charge in [-0.25, -0.2) is 0 Å². The van der Waals surface area contributed by atoms with Crippen molar-refractivity contribution in [2.45, 2.75) is 19.4 Å². The molecule has 0 radical (unpaired) electrons. The molecule has 0 aromatic heterocycles. The average Bonchev–Trinajstić information content (AvgIpc) is 2.46. The van der Waals surface area contributed by atoms with Crippen molar-refractivity contribution in [3.05, 3.63) is 21.7 Å². The number of nitrogens with one attached hydrogen (secondary N) is 1. The highest BCUT2D eigenvalue weighted by atomic mass is 79.9. The quantitative estimate of drug-likeness (QED) is 0.921. The molecule has 5 heteroatoms. The lowest BCUT2D eigenvalue weighted by Crippen LogP contribution is -2.34. The molecule has 1 aromatic rings. The Morgan fingerprint density at radius 3 is 2.74 bits per heavy atom. The zero-order chi connectivity index (χ0) is 13.8. The van der Waals surface area contributed by atoms with Gasteiger partial charge in [-0.3, -0.25) is 0 Å². The van der Waals surface area contributed by atoms with Gasteiger partial charge in [-0.15, -0.1) is 0 Å². The molecule has 1 heterocycles. The number of halogens is 1. The molecule has 0 bridgehead atoms. The van der Waals surface area contributed by atoms with E-state index in [4.69, 9.17) is 14.2 Å². The molecule has 1 fully saturated rings. The third-order valence-corrected chi connectivity index (χ3v) is 4.02. The van der Waals surface area contributed by atoms with E-state index in [-0.39, 0.29) is 6.10 Å². The molecule has 0 saturated carbocycles. The van der Waals surface area contributed by atoms with Gasteiger partial charge in [-0.05, 0) is 12.5 Å². The number of rotatable bonds is 4. The van der Waals surface area contributed by atoms with Crippen LogP contribution in [0.4, 0.5) is 0 Å². The van der Waals surface area contributed by atoms with E-state index < -0.39 is 0 Å². The van der Waals surface area contributed by atoms with Crippen molar-refractivity contribution in [1.82, 2.24) is 5.32 Å². The van der Waals surface area contributed by atoms with Crippen LogP contribution in [0.2, 0.25) is 0 Å². The van der Waals surface area contributed by atoms with Crippen LogP contribution in [-0.2, 0) is 11.2 Å². The molecule has 0 aliphatic carbocycles. The molecule has 106 valence electrons. The number of hydrogen-bond acceptors (Lipinski definition) is 4. The lowest BCUT2D eigenvalue weighted by Gasteiger charge is -2.28. The summed E-state index contributed by atoms with van der Waals surface area (Å²) in [6, 6.07) is 1.95. The van der Waals surface area contributed by atoms with E-state index in [0.29, 0.717) is 0 Å². The van der Waals surface area contributed by atoms with Crippen molar-refractivity contribution in [2.75, 3.05) is 33.9 Å². The molecule has 1 aromatic carbocycles. The monoisotopic (exact) mass is 329 g/mol. The number of ether oxygens (including phenoxy) is 3. The predicted octanol–water partition coefficient (Wildman–Crippen LogP) is 2.69. The van der Waals surface area contributed by atoms with Crippen molar-refractivity contribution < 1.29 is 14.2 Å². The second-order valence-corrected chi connectivity index (χ2v) is 5.26. The molecule has 0 amide bonds. The zero-order valence-electron chi connectivity index (χ0n) is 11.6. The Morgan fingerprint density at radius 1 is 1.42 bits per heavy atom. The molecule has 1 saturated heterocycles. The SMILES string of the molecule is CCc1c(OC)c(OC)cc(Br)c1C1CNCCO1. The minimum atomic E-state index is 0.0536. The molecule has 2 rings (SSSR count). The van der Waals surface area contributed by atoms with Crippen LogP contribution < -0.4 is 14.8 Å². The summed E-state index contributed by atoms with van der Waals surface area (Å²) in [6.07, 6.45) is 0.923. The normalized spacial score (nSPS) is 19.3. The van der Waals surface area contributed by atoms with Gasteiger partial charge in [0.2, 0.25) is 0 Å². The number of methoxy groups -OCH3 is 2. The van der Waals surface area contributed by atoms with Crippen molar-refractivity contribution in [3.63, 3.8) is 0 Å². The Hall–Kier alpha value is -0.780. The lowest BCUT2D eigenvalue weighted by atomic mass is 9.98. The van der Waals surface area contributed by atoms with Gasteiger partial charge in [0.1, 0.15) is 0 Å². The minimum Gasteiger partial charge on any atom is -0.493 e. The fourth-order valence-corrected chi connectivity index (χ4v) is 3.20. The first kappa shape index (κ1) is 14.6. The number of benzene rings is 1. The molecule has 1 unspecified atom stereocenters. The zero-order valence-corrected chi connectivity index (χ0v) is 13.2. The number of hydrogen-bond donors (Lipinski definition) is 1. The van der Waals surface area contributed by atoms with Crippen LogP contribution in [0.3, 0.4) is 0 Å². The molecule has 1 N–H and O–H groups in total. The van der Waals surface area contributed by atoms with Crippen molar-refractivity contribution in [2.24, 2.45) is 0 Å². The van der Waals surface area contributed by atoms with Crippen LogP contribution >= 0.6 is 15.9 Å². The molecule has 19 heavy (non-hydrogen) atoms. The van der Waals surface area contributed by atoms with Gasteiger partial charge >= 0.3 is 0 Å². The summed E-state index contributed by atoms with van der Waals surface area (Å²) >= 11 is 3.64. The second kappa shape index (κ2) is 6.59. The summed E-state index contributed by atoms with van der Waals surface area (Å²) in [5, 5.41) is 3.36. The topological polar surface area (TPSA) is 39.7 Å². The first-order chi connectivity index (χ1) is 9.22. The van der Waals surface area contributed by atoms with Crippen LogP contribution in [0.15, 0.2) is 10.5 Å². The van der Waals surface area contributed by atoms with Gasteiger partial charge in [0.15, 0.2) is 11.5 Å². The first-order valence-electron chi connectivity index (χ1n) is 6.48. The summed E-state index contributed by atoms with van der Waals surface area (Å²) in [5.74, 6) is 1.55. The molecular formula is C14H20BrNO3. The molecule has 1 atom stereocenters. The Morgan fingerprint density at radius 2 is 2.21 bits per heavy atom. The van der Waals surface area contributed by atoms with Gasteiger partial charge in [-0.1, -0.05) is 22.9 Å². The van der Waals surface area contributed by atoms with E-state index >= 15 is 0 Å². The van der Waals surface area contributed by atoms with Crippen LogP contribution in [0.1, 0.15) is 24.2 Å². The largest absolute Gasteiger partial charge is 0.493 e. The summed E-state index contributed by atoms with van der Waals surface area (Å²) in [7, 11) is 3.33. The van der Waals surface area contributed by atoms with Crippen LogP contribution in [0.5, 0.6) is 11.5 Å². The standard InChI is InChI=1S/C14H20BrNO3/c1-4-9-13(12-8-16-5-6-19-12)10(15)7-11(17-2)14(9)18-3/h7,12,16H,4-6,8H2,1-3H3. The van der Waals surface area contributed by atoms with Crippen molar-refractivity contribution in [1.29, 1.82) is 0 Å². The van der Waals surface area contributed by atoms with Crippen LogP contribution in [0, 0.1) is 0 Å². The highest BCUT2D eigenvalue weighted by Gasteiger charge is 2.25. The van der Waals surface area contributed by atoms with Crippen LogP contribution in [0.25, 0.3) is 0 Å². The van der Waals surface area contributed by atoms with Gasteiger partial charge in [0, 0.05) is 28.7 Å². The molecule has 0 spiro atoms. The van der Waals surface area contributed by atoms with E-state index in [1.807, 2.05) is 6.07 Å². The summed E-state index contributed by atoms with van der Waals surface area (Å²) in [4.78, 5) is 0. The summed E-state index contributed by atoms with van der Waals surface area (Å²) in [6.45, 7) is 4.57. The first-order valence-corrected chi connectivity index (χ1v) is 7.27. The second-order valence-electron chi connectivity index (χ2n) is 4.40. The Bertz CT molecular complexity index is 445. The van der Waals surface area contributed by atoms with Crippen LogP contribution in [-0.4, -0.2) is 33.9 Å². The molecule has 1 aliphatic heterocycles. The summed E-state index contributed by atoms with van der Waals surface area (Å²) in [5.41, 5.74) is 2.30. The fraction of sp³-hybridized carbons (Fsp3) is 0.571. The van der Waals surface area contributed by atoms with E-state index in [2.05, 4.69) is 28.2 Å².